The number of hydrogen-bond acceptors (Lipinski definition) is 5. The van der Waals surface area contributed by atoms with E-state index in [-0.39, 0.29) is 29.2 Å². The Morgan fingerprint density at radius 3 is 2.26 bits per heavy atom. The number of hydrogen-bond donors (Lipinski definition) is 0. The first kappa shape index (κ1) is 22.6. The maximum Gasteiger partial charge on any atom is 0.308 e. The fraction of sp³-hybridized carbons (Fsp3) is 0.304. The van der Waals surface area contributed by atoms with Crippen LogP contribution in [0.4, 0.5) is 5.69 Å². The summed E-state index contributed by atoms with van der Waals surface area (Å²) >= 11 is 0. The molecule has 0 aromatic heterocycles. The number of carbonyl (C=O) groups is 2. The van der Waals surface area contributed by atoms with Crippen molar-refractivity contribution >= 4 is 27.6 Å². The second kappa shape index (κ2) is 9.78. The predicted molar refractivity (Wildman–Crippen MR) is 118 cm³/mol. The van der Waals surface area contributed by atoms with E-state index in [1.807, 2.05) is 0 Å². The number of amides is 1. The normalized spacial score (nSPS) is 14.7. The van der Waals surface area contributed by atoms with Gasteiger partial charge in [-0.15, -0.1) is 6.58 Å². The average Bonchev–Trinajstić information content (AvgIpc) is 2.82. The molecular formula is C23H26N2O5S. The molecule has 2 aromatic carbocycles. The first-order valence-corrected chi connectivity index (χ1v) is 11.5. The number of piperidine rings is 1. The van der Waals surface area contributed by atoms with Crippen LogP contribution in [0.1, 0.15) is 23.2 Å². The van der Waals surface area contributed by atoms with Crippen molar-refractivity contribution in [1.82, 2.24) is 4.90 Å². The van der Waals surface area contributed by atoms with Gasteiger partial charge in [0.25, 0.3) is 15.9 Å². The van der Waals surface area contributed by atoms with Crippen molar-refractivity contribution in [3.63, 3.8) is 0 Å². The molecule has 0 saturated carbocycles. The zero-order valence-electron chi connectivity index (χ0n) is 17.4. The van der Waals surface area contributed by atoms with Gasteiger partial charge in [0.2, 0.25) is 0 Å². The van der Waals surface area contributed by atoms with Gasteiger partial charge in [-0.1, -0.05) is 24.3 Å². The van der Waals surface area contributed by atoms with Gasteiger partial charge in [-0.05, 0) is 49.2 Å². The molecule has 0 atom stereocenters. The van der Waals surface area contributed by atoms with Gasteiger partial charge in [0, 0.05) is 18.7 Å². The van der Waals surface area contributed by atoms with Gasteiger partial charge in [0.1, 0.15) is 0 Å². The number of rotatable bonds is 7. The molecule has 0 bridgehead atoms. The SMILES string of the molecule is C=CCN(c1ccc(C(=O)N2CCC(C(=O)OC)CC2)cc1)S(=O)(=O)c1ccccc1. The zero-order chi connectivity index (χ0) is 22.4. The lowest BCUT2D eigenvalue weighted by atomic mass is 9.96. The van der Waals surface area contributed by atoms with Gasteiger partial charge >= 0.3 is 5.97 Å². The summed E-state index contributed by atoms with van der Waals surface area (Å²) in [5.74, 6) is -0.554. The van der Waals surface area contributed by atoms with Crippen LogP contribution in [-0.4, -0.2) is 51.9 Å². The molecule has 164 valence electrons. The zero-order valence-corrected chi connectivity index (χ0v) is 18.3. The molecule has 1 fully saturated rings. The summed E-state index contributed by atoms with van der Waals surface area (Å²) in [6.45, 7) is 4.72. The van der Waals surface area contributed by atoms with Crippen LogP contribution in [-0.2, 0) is 19.6 Å². The van der Waals surface area contributed by atoms with Gasteiger partial charge < -0.3 is 9.64 Å². The molecular weight excluding hydrogens is 416 g/mol. The van der Waals surface area contributed by atoms with E-state index < -0.39 is 10.0 Å². The van der Waals surface area contributed by atoms with E-state index in [9.17, 15) is 18.0 Å². The smallest absolute Gasteiger partial charge is 0.308 e. The fourth-order valence-corrected chi connectivity index (χ4v) is 5.07. The fourth-order valence-electron chi connectivity index (χ4n) is 3.62. The summed E-state index contributed by atoms with van der Waals surface area (Å²) in [6.07, 6.45) is 2.66. The third-order valence-electron chi connectivity index (χ3n) is 5.35. The molecule has 0 radical (unpaired) electrons. The first-order valence-electron chi connectivity index (χ1n) is 10.0. The second-order valence-electron chi connectivity index (χ2n) is 7.27. The average molecular weight is 443 g/mol. The van der Waals surface area contributed by atoms with Gasteiger partial charge in [-0.3, -0.25) is 13.9 Å². The Bertz CT molecular complexity index is 1030. The summed E-state index contributed by atoms with van der Waals surface area (Å²) in [4.78, 5) is 26.4. The highest BCUT2D eigenvalue weighted by Gasteiger charge is 2.29. The largest absolute Gasteiger partial charge is 0.469 e. The standard InChI is InChI=1S/C23H26N2O5S/c1-3-15-25(31(28,29)21-7-5-4-6-8-21)20-11-9-18(10-12-20)22(26)24-16-13-19(14-17-24)23(27)30-2/h3-12,19H,1,13-17H2,2H3. The lowest BCUT2D eigenvalue weighted by Gasteiger charge is -2.31. The maximum absolute atomic E-state index is 13.1. The molecule has 1 heterocycles. The number of likely N-dealkylation sites (tertiary alicyclic amines) is 1. The Morgan fingerprint density at radius 2 is 1.71 bits per heavy atom. The minimum atomic E-state index is -3.76. The van der Waals surface area contributed by atoms with Gasteiger partial charge in [0.05, 0.1) is 30.2 Å². The minimum absolute atomic E-state index is 0.103. The van der Waals surface area contributed by atoms with E-state index >= 15 is 0 Å². The number of benzene rings is 2. The minimum Gasteiger partial charge on any atom is -0.469 e. The molecule has 3 rings (SSSR count). The van der Waals surface area contributed by atoms with Crippen molar-refractivity contribution in [2.75, 3.05) is 31.0 Å². The van der Waals surface area contributed by atoms with Crippen molar-refractivity contribution in [1.29, 1.82) is 0 Å². The van der Waals surface area contributed by atoms with E-state index in [4.69, 9.17) is 4.74 Å². The molecule has 1 amide bonds. The highest BCUT2D eigenvalue weighted by atomic mass is 32.2. The number of methoxy groups -OCH3 is 1. The topological polar surface area (TPSA) is 84.0 Å². The maximum atomic E-state index is 13.1. The Hall–Kier alpha value is -3.13. The molecule has 31 heavy (non-hydrogen) atoms. The van der Waals surface area contributed by atoms with Crippen LogP contribution in [0.5, 0.6) is 0 Å². The Kier molecular flexibility index (Phi) is 7.12. The van der Waals surface area contributed by atoms with Crippen molar-refractivity contribution < 1.29 is 22.7 Å². The van der Waals surface area contributed by atoms with E-state index in [2.05, 4.69) is 6.58 Å². The van der Waals surface area contributed by atoms with Gasteiger partial charge in [-0.2, -0.15) is 0 Å². The van der Waals surface area contributed by atoms with Crippen molar-refractivity contribution in [2.45, 2.75) is 17.7 Å². The van der Waals surface area contributed by atoms with Crippen LogP contribution in [0.25, 0.3) is 0 Å². The molecule has 8 heteroatoms. The molecule has 0 N–H and O–H groups in total. The van der Waals surface area contributed by atoms with E-state index in [0.717, 1.165) is 0 Å². The number of nitrogens with zero attached hydrogens (tertiary/aromatic N) is 2. The molecule has 2 aromatic rings. The quantitative estimate of drug-likeness (QED) is 0.486. The molecule has 7 nitrogen and oxygen atoms in total. The highest BCUT2D eigenvalue weighted by Crippen LogP contribution is 2.25. The number of carbonyl (C=O) groups excluding carboxylic acids is 2. The molecule has 1 aliphatic rings. The van der Waals surface area contributed by atoms with Crippen molar-refractivity contribution in [3.8, 4) is 0 Å². The van der Waals surface area contributed by atoms with Crippen LogP contribution in [0.15, 0.2) is 72.1 Å². The lowest BCUT2D eigenvalue weighted by Crippen LogP contribution is -2.40. The monoisotopic (exact) mass is 442 g/mol. The summed E-state index contributed by atoms with van der Waals surface area (Å²) in [5, 5.41) is 0. The summed E-state index contributed by atoms with van der Waals surface area (Å²) < 4.78 is 32.2. The molecule has 0 spiro atoms. The third-order valence-corrected chi connectivity index (χ3v) is 7.15. The Labute approximate surface area is 183 Å². The number of ether oxygens (including phenoxy) is 1. The Balaban J connectivity index is 1.76. The number of esters is 1. The lowest BCUT2D eigenvalue weighted by molar-refractivity contribution is -0.146. The molecule has 0 unspecified atom stereocenters. The van der Waals surface area contributed by atoms with Gasteiger partial charge in [-0.25, -0.2) is 8.42 Å². The van der Waals surface area contributed by atoms with Gasteiger partial charge in [0.15, 0.2) is 0 Å². The van der Waals surface area contributed by atoms with Crippen molar-refractivity contribution in [2.24, 2.45) is 5.92 Å². The molecule has 0 aliphatic carbocycles. The van der Waals surface area contributed by atoms with Crippen LogP contribution in [0.3, 0.4) is 0 Å². The first-order chi connectivity index (χ1) is 14.9. The predicted octanol–water partition coefficient (Wildman–Crippen LogP) is 3.09. The van der Waals surface area contributed by atoms with Crippen LogP contribution >= 0.6 is 0 Å². The highest BCUT2D eigenvalue weighted by molar-refractivity contribution is 7.92. The molecule has 1 saturated heterocycles. The van der Waals surface area contributed by atoms with E-state index in [1.165, 1.54) is 17.5 Å². The van der Waals surface area contributed by atoms with Crippen LogP contribution in [0, 0.1) is 5.92 Å². The second-order valence-corrected chi connectivity index (χ2v) is 9.14. The van der Waals surface area contributed by atoms with E-state index in [1.54, 1.807) is 59.5 Å². The third kappa shape index (κ3) is 4.96. The molecule has 1 aliphatic heterocycles. The summed E-state index contributed by atoms with van der Waals surface area (Å²) in [7, 11) is -2.39. The van der Waals surface area contributed by atoms with Crippen molar-refractivity contribution in [3.05, 3.63) is 72.8 Å². The Morgan fingerprint density at radius 1 is 1.10 bits per heavy atom. The van der Waals surface area contributed by atoms with Crippen LogP contribution < -0.4 is 4.31 Å². The number of anilines is 1. The summed E-state index contributed by atoms with van der Waals surface area (Å²) in [5.41, 5.74) is 0.917. The van der Waals surface area contributed by atoms with E-state index in [0.29, 0.717) is 37.2 Å². The van der Waals surface area contributed by atoms with Crippen LogP contribution in [0.2, 0.25) is 0 Å². The number of sulfonamides is 1. The summed E-state index contributed by atoms with van der Waals surface area (Å²) in [6, 6.07) is 14.7.